The van der Waals surface area contributed by atoms with Gasteiger partial charge in [0.1, 0.15) is 11.6 Å². The lowest BCUT2D eigenvalue weighted by Gasteiger charge is -2.12. The summed E-state index contributed by atoms with van der Waals surface area (Å²) in [6, 6.07) is 11.6. The number of pyridine rings is 1. The second kappa shape index (κ2) is 7.34. The normalized spacial score (nSPS) is 13.4. The van der Waals surface area contributed by atoms with Gasteiger partial charge in [0, 0.05) is 32.4 Å². The topological polar surface area (TPSA) is 54.5 Å². The molecule has 5 heteroatoms. The van der Waals surface area contributed by atoms with Crippen molar-refractivity contribution in [1.82, 2.24) is 9.88 Å². The lowest BCUT2D eigenvalue weighted by atomic mass is 10.2. The Morgan fingerprint density at radius 2 is 2.00 bits per heavy atom. The van der Waals surface area contributed by atoms with Crippen LogP contribution in [0.4, 0.5) is 5.82 Å². The van der Waals surface area contributed by atoms with Crippen LogP contribution in [0, 0.1) is 5.92 Å². The summed E-state index contributed by atoms with van der Waals surface area (Å²) in [6.45, 7) is 1.48. The van der Waals surface area contributed by atoms with Crippen molar-refractivity contribution in [3.8, 4) is 5.75 Å². The summed E-state index contributed by atoms with van der Waals surface area (Å²) < 4.78 is 5.74. The first kappa shape index (κ1) is 16.3. The number of hydrogen-bond acceptors (Lipinski definition) is 4. The summed E-state index contributed by atoms with van der Waals surface area (Å²) in [5.74, 6) is 2.34. The highest BCUT2D eigenvalue weighted by Gasteiger charge is 2.21. The highest BCUT2D eigenvalue weighted by molar-refractivity contribution is 5.94. The standard InChI is InChI=1S/C19H23N3O2/c1-22(2)19(23)16-9-10-20-18(11-16)21-12-14-5-7-17(8-6-14)24-13-15-3-4-15/h5-11,15H,3-4,12-13H2,1-2H3,(H,20,21). The van der Waals surface area contributed by atoms with Crippen molar-refractivity contribution in [1.29, 1.82) is 0 Å². The quantitative estimate of drug-likeness (QED) is 0.849. The molecule has 24 heavy (non-hydrogen) atoms. The van der Waals surface area contributed by atoms with E-state index < -0.39 is 0 Å². The minimum atomic E-state index is -0.0300. The number of ether oxygens (including phenoxy) is 1. The molecule has 1 aliphatic carbocycles. The van der Waals surface area contributed by atoms with Crippen molar-refractivity contribution in [2.24, 2.45) is 5.92 Å². The summed E-state index contributed by atoms with van der Waals surface area (Å²) in [5, 5.41) is 3.25. The van der Waals surface area contributed by atoms with Crippen LogP contribution < -0.4 is 10.1 Å². The maximum atomic E-state index is 12.0. The molecule has 0 saturated heterocycles. The average Bonchev–Trinajstić information content (AvgIpc) is 3.43. The number of rotatable bonds is 7. The van der Waals surface area contributed by atoms with E-state index in [9.17, 15) is 4.79 Å². The Morgan fingerprint density at radius 3 is 2.67 bits per heavy atom. The van der Waals surface area contributed by atoms with E-state index >= 15 is 0 Å². The molecule has 0 bridgehead atoms. The summed E-state index contributed by atoms with van der Waals surface area (Å²) in [6.07, 6.45) is 4.24. The third-order valence-corrected chi connectivity index (χ3v) is 3.99. The van der Waals surface area contributed by atoms with Crippen molar-refractivity contribution in [2.45, 2.75) is 19.4 Å². The van der Waals surface area contributed by atoms with E-state index in [0.29, 0.717) is 17.9 Å². The van der Waals surface area contributed by atoms with Gasteiger partial charge in [-0.1, -0.05) is 12.1 Å². The summed E-state index contributed by atoms with van der Waals surface area (Å²) in [5.41, 5.74) is 1.77. The molecule has 1 amide bonds. The van der Waals surface area contributed by atoms with Crippen LogP contribution in [0.25, 0.3) is 0 Å². The zero-order chi connectivity index (χ0) is 16.9. The predicted octanol–water partition coefficient (Wildman–Crippen LogP) is 3.18. The van der Waals surface area contributed by atoms with Gasteiger partial charge in [-0.25, -0.2) is 4.98 Å². The minimum Gasteiger partial charge on any atom is -0.493 e. The molecule has 1 N–H and O–H groups in total. The molecule has 1 fully saturated rings. The lowest BCUT2D eigenvalue weighted by molar-refractivity contribution is 0.0827. The van der Waals surface area contributed by atoms with E-state index in [-0.39, 0.29) is 5.91 Å². The Balaban J connectivity index is 1.55. The minimum absolute atomic E-state index is 0.0300. The smallest absolute Gasteiger partial charge is 0.253 e. The van der Waals surface area contributed by atoms with Gasteiger partial charge in [0.25, 0.3) is 5.91 Å². The molecule has 3 rings (SSSR count). The molecule has 1 saturated carbocycles. The van der Waals surface area contributed by atoms with E-state index in [1.165, 1.54) is 12.8 Å². The number of hydrogen-bond donors (Lipinski definition) is 1. The average molecular weight is 325 g/mol. The van der Waals surface area contributed by atoms with Gasteiger partial charge in [0.15, 0.2) is 0 Å². The van der Waals surface area contributed by atoms with E-state index in [0.717, 1.165) is 23.8 Å². The van der Waals surface area contributed by atoms with Crippen LogP contribution in [0.3, 0.4) is 0 Å². The first-order valence-electron chi connectivity index (χ1n) is 8.25. The Hall–Kier alpha value is -2.56. The van der Waals surface area contributed by atoms with E-state index in [2.05, 4.69) is 10.3 Å². The predicted molar refractivity (Wildman–Crippen MR) is 94.2 cm³/mol. The molecular weight excluding hydrogens is 302 g/mol. The fourth-order valence-corrected chi connectivity index (χ4v) is 2.31. The molecule has 0 aliphatic heterocycles. The van der Waals surface area contributed by atoms with Crippen LogP contribution in [0.2, 0.25) is 0 Å². The second-order valence-electron chi connectivity index (χ2n) is 6.38. The molecular formula is C19H23N3O2. The van der Waals surface area contributed by atoms with Crippen molar-refractivity contribution < 1.29 is 9.53 Å². The first-order chi connectivity index (χ1) is 11.6. The lowest BCUT2D eigenvalue weighted by Crippen LogP contribution is -2.21. The molecule has 0 unspecified atom stereocenters. The number of amides is 1. The summed E-state index contributed by atoms with van der Waals surface area (Å²) in [4.78, 5) is 17.8. The Bertz CT molecular complexity index is 694. The van der Waals surface area contributed by atoms with Crippen LogP contribution in [-0.2, 0) is 6.54 Å². The van der Waals surface area contributed by atoms with Gasteiger partial charge in [0.05, 0.1) is 6.61 Å². The van der Waals surface area contributed by atoms with Gasteiger partial charge in [-0.05, 0) is 48.6 Å². The number of carbonyl (C=O) groups is 1. The molecule has 126 valence electrons. The van der Waals surface area contributed by atoms with Crippen molar-refractivity contribution in [2.75, 3.05) is 26.0 Å². The maximum absolute atomic E-state index is 12.0. The molecule has 1 aromatic carbocycles. The molecule has 5 nitrogen and oxygen atoms in total. The molecule has 0 spiro atoms. The number of aromatic nitrogens is 1. The van der Waals surface area contributed by atoms with Gasteiger partial charge in [0.2, 0.25) is 0 Å². The molecule has 2 aromatic rings. The van der Waals surface area contributed by atoms with Gasteiger partial charge in [-0.2, -0.15) is 0 Å². The maximum Gasteiger partial charge on any atom is 0.253 e. The number of anilines is 1. The third kappa shape index (κ3) is 4.47. The van der Waals surface area contributed by atoms with Crippen LogP contribution in [-0.4, -0.2) is 36.5 Å². The Kier molecular flexibility index (Phi) is 4.99. The highest BCUT2D eigenvalue weighted by Crippen LogP contribution is 2.29. The van der Waals surface area contributed by atoms with Crippen LogP contribution in [0.5, 0.6) is 5.75 Å². The molecule has 0 atom stereocenters. The van der Waals surface area contributed by atoms with Crippen molar-refractivity contribution in [3.63, 3.8) is 0 Å². The fraction of sp³-hybridized carbons (Fsp3) is 0.368. The molecule has 1 aliphatic rings. The van der Waals surface area contributed by atoms with Gasteiger partial charge < -0.3 is 15.0 Å². The third-order valence-electron chi connectivity index (χ3n) is 3.99. The van der Waals surface area contributed by atoms with Crippen LogP contribution in [0.15, 0.2) is 42.6 Å². The van der Waals surface area contributed by atoms with Crippen LogP contribution in [0.1, 0.15) is 28.8 Å². The van der Waals surface area contributed by atoms with E-state index in [1.807, 2.05) is 24.3 Å². The second-order valence-corrected chi connectivity index (χ2v) is 6.38. The van der Waals surface area contributed by atoms with Crippen molar-refractivity contribution in [3.05, 3.63) is 53.7 Å². The highest BCUT2D eigenvalue weighted by atomic mass is 16.5. The molecule has 1 heterocycles. The number of nitrogens with zero attached hydrogens (tertiary/aromatic N) is 2. The van der Waals surface area contributed by atoms with Crippen LogP contribution >= 0.6 is 0 Å². The largest absolute Gasteiger partial charge is 0.493 e. The van der Waals surface area contributed by atoms with E-state index in [4.69, 9.17) is 4.74 Å². The van der Waals surface area contributed by atoms with Crippen molar-refractivity contribution >= 4 is 11.7 Å². The SMILES string of the molecule is CN(C)C(=O)c1ccnc(NCc2ccc(OCC3CC3)cc2)c1. The fourth-order valence-electron chi connectivity index (χ4n) is 2.31. The zero-order valence-electron chi connectivity index (χ0n) is 14.2. The zero-order valence-corrected chi connectivity index (χ0v) is 14.2. The number of nitrogens with one attached hydrogen (secondary N) is 1. The van der Waals surface area contributed by atoms with Gasteiger partial charge >= 0.3 is 0 Å². The van der Waals surface area contributed by atoms with Gasteiger partial charge in [-0.3, -0.25) is 4.79 Å². The molecule has 1 aromatic heterocycles. The summed E-state index contributed by atoms with van der Waals surface area (Å²) in [7, 11) is 3.48. The Morgan fingerprint density at radius 1 is 1.25 bits per heavy atom. The monoisotopic (exact) mass is 325 g/mol. The summed E-state index contributed by atoms with van der Waals surface area (Å²) >= 11 is 0. The Labute approximate surface area is 142 Å². The number of benzene rings is 1. The first-order valence-corrected chi connectivity index (χ1v) is 8.25. The number of carbonyl (C=O) groups excluding carboxylic acids is 1. The van der Waals surface area contributed by atoms with Gasteiger partial charge in [-0.15, -0.1) is 0 Å². The van der Waals surface area contributed by atoms with E-state index in [1.54, 1.807) is 37.3 Å². The molecule has 0 radical (unpaired) electrons.